The number of carbonyl (C=O) groups excluding carboxylic acids is 1. The summed E-state index contributed by atoms with van der Waals surface area (Å²) in [6, 6.07) is 5.72. The molecule has 0 saturated carbocycles. The Kier molecular flexibility index (Phi) is 6.48. The monoisotopic (exact) mass is 433 g/mol. The minimum absolute atomic E-state index is 0.00954. The van der Waals surface area contributed by atoms with Crippen LogP contribution in [0.5, 0.6) is 0 Å². The number of amides is 1. The molecule has 4 heterocycles. The summed E-state index contributed by atoms with van der Waals surface area (Å²) in [7, 11) is 0. The van der Waals surface area contributed by atoms with E-state index in [9.17, 15) is 4.79 Å². The van der Waals surface area contributed by atoms with Crippen LogP contribution in [0.4, 0.5) is 5.95 Å². The van der Waals surface area contributed by atoms with Gasteiger partial charge in [-0.2, -0.15) is 5.10 Å². The van der Waals surface area contributed by atoms with E-state index < -0.39 is 0 Å². The normalized spacial score (nSPS) is 15.7. The standard InChI is InChI=1S/C24H31N7O/c1-16(2)22-21(19-6-10-25-11-7-19)15-26-24(29-22)30-13-8-20(9-14-30)28-23(32)18(4)31-17(3)5-12-27-31/h5-7,10-12,15-16,18,20H,8-9,13-14H2,1-4H3,(H,28,32)/t18-/m0/s1. The third-order valence-corrected chi connectivity index (χ3v) is 6.08. The van der Waals surface area contributed by atoms with Gasteiger partial charge in [-0.3, -0.25) is 14.5 Å². The molecule has 0 aromatic carbocycles. The number of piperidine rings is 1. The molecule has 0 unspecified atom stereocenters. The summed E-state index contributed by atoms with van der Waals surface area (Å²) in [5.41, 5.74) is 4.16. The number of hydrogen-bond acceptors (Lipinski definition) is 6. The zero-order chi connectivity index (χ0) is 22.7. The average Bonchev–Trinajstić information content (AvgIpc) is 3.25. The molecule has 3 aromatic heterocycles. The van der Waals surface area contributed by atoms with Gasteiger partial charge in [-0.15, -0.1) is 0 Å². The number of anilines is 1. The number of carbonyl (C=O) groups is 1. The van der Waals surface area contributed by atoms with Gasteiger partial charge in [0, 0.05) is 55.2 Å². The van der Waals surface area contributed by atoms with Gasteiger partial charge in [-0.05, 0) is 56.4 Å². The molecule has 1 aliphatic heterocycles. The maximum atomic E-state index is 12.7. The summed E-state index contributed by atoms with van der Waals surface area (Å²) >= 11 is 0. The van der Waals surface area contributed by atoms with Gasteiger partial charge in [0.05, 0.1) is 5.69 Å². The summed E-state index contributed by atoms with van der Waals surface area (Å²) < 4.78 is 1.76. The smallest absolute Gasteiger partial charge is 0.244 e. The van der Waals surface area contributed by atoms with E-state index in [1.165, 1.54) is 0 Å². The van der Waals surface area contributed by atoms with Gasteiger partial charge in [0.15, 0.2) is 0 Å². The lowest BCUT2D eigenvalue weighted by molar-refractivity contribution is -0.125. The first kappa shape index (κ1) is 21.9. The second-order valence-corrected chi connectivity index (χ2v) is 8.72. The number of nitrogens with one attached hydrogen (secondary N) is 1. The molecular formula is C24H31N7O. The molecule has 32 heavy (non-hydrogen) atoms. The van der Waals surface area contributed by atoms with Crippen molar-refractivity contribution in [1.82, 2.24) is 30.0 Å². The molecule has 1 N–H and O–H groups in total. The van der Waals surface area contributed by atoms with Crippen molar-refractivity contribution in [3.8, 4) is 11.1 Å². The molecule has 168 valence electrons. The van der Waals surface area contributed by atoms with Gasteiger partial charge in [-0.25, -0.2) is 9.97 Å². The van der Waals surface area contributed by atoms with Crippen LogP contribution in [0, 0.1) is 6.92 Å². The molecule has 0 bridgehead atoms. The third kappa shape index (κ3) is 4.64. The molecule has 0 spiro atoms. The van der Waals surface area contributed by atoms with Gasteiger partial charge in [0.2, 0.25) is 11.9 Å². The first-order valence-electron chi connectivity index (χ1n) is 11.3. The topological polar surface area (TPSA) is 88.8 Å². The number of nitrogens with zero attached hydrogens (tertiary/aromatic N) is 6. The van der Waals surface area contributed by atoms with Gasteiger partial charge >= 0.3 is 0 Å². The molecule has 1 fully saturated rings. The van der Waals surface area contributed by atoms with Gasteiger partial charge in [0.25, 0.3) is 0 Å². The van der Waals surface area contributed by atoms with E-state index in [2.05, 4.69) is 39.1 Å². The minimum atomic E-state index is -0.319. The van der Waals surface area contributed by atoms with Crippen molar-refractivity contribution in [3.05, 3.63) is 54.4 Å². The van der Waals surface area contributed by atoms with Crippen LogP contribution in [0.15, 0.2) is 43.0 Å². The molecular weight excluding hydrogens is 402 g/mol. The number of aromatic nitrogens is 5. The number of hydrogen-bond donors (Lipinski definition) is 1. The fourth-order valence-corrected chi connectivity index (χ4v) is 4.17. The van der Waals surface area contributed by atoms with Crippen molar-refractivity contribution >= 4 is 11.9 Å². The molecule has 1 atom stereocenters. The molecule has 0 radical (unpaired) electrons. The summed E-state index contributed by atoms with van der Waals surface area (Å²) in [6.45, 7) is 9.78. The van der Waals surface area contributed by atoms with Crippen LogP contribution in [-0.2, 0) is 4.79 Å². The fraction of sp³-hybridized carbons (Fsp3) is 0.458. The number of aryl methyl sites for hydroxylation is 1. The molecule has 8 nitrogen and oxygen atoms in total. The van der Waals surface area contributed by atoms with Gasteiger partial charge < -0.3 is 10.2 Å². The second-order valence-electron chi connectivity index (χ2n) is 8.72. The van der Waals surface area contributed by atoms with Crippen LogP contribution in [-0.4, -0.2) is 49.8 Å². The van der Waals surface area contributed by atoms with Crippen molar-refractivity contribution in [3.63, 3.8) is 0 Å². The first-order chi connectivity index (χ1) is 15.4. The van der Waals surface area contributed by atoms with E-state index in [1.54, 1.807) is 23.3 Å². The van der Waals surface area contributed by atoms with E-state index in [4.69, 9.17) is 4.98 Å². The number of pyridine rings is 1. The third-order valence-electron chi connectivity index (χ3n) is 6.08. The Labute approximate surface area is 189 Å². The van der Waals surface area contributed by atoms with Crippen molar-refractivity contribution in [1.29, 1.82) is 0 Å². The van der Waals surface area contributed by atoms with Crippen LogP contribution in [0.25, 0.3) is 11.1 Å². The molecule has 1 aliphatic rings. The maximum absolute atomic E-state index is 12.7. The highest BCUT2D eigenvalue weighted by molar-refractivity contribution is 5.80. The van der Waals surface area contributed by atoms with Crippen molar-refractivity contribution < 1.29 is 4.79 Å². The largest absolute Gasteiger partial charge is 0.351 e. The van der Waals surface area contributed by atoms with E-state index in [-0.39, 0.29) is 23.9 Å². The van der Waals surface area contributed by atoms with Crippen molar-refractivity contribution in [2.24, 2.45) is 0 Å². The maximum Gasteiger partial charge on any atom is 0.244 e. The average molecular weight is 434 g/mol. The lowest BCUT2D eigenvalue weighted by atomic mass is 10.00. The van der Waals surface area contributed by atoms with E-state index in [0.29, 0.717) is 0 Å². The zero-order valence-corrected chi connectivity index (χ0v) is 19.2. The lowest BCUT2D eigenvalue weighted by Gasteiger charge is -2.33. The lowest BCUT2D eigenvalue weighted by Crippen LogP contribution is -2.47. The Bertz CT molecular complexity index is 1060. The Morgan fingerprint density at radius 3 is 2.44 bits per heavy atom. The Hall–Kier alpha value is -3.29. The minimum Gasteiger partial charge on any atom is -0.351 e. The highest BCUT2D eigenvalue weighted by Gasteiger charge is 2.26. The van der Waals surface area contributed by atoms with Crippen LogP contribution < -0.4 is 10.2 Å². The highest BCUT2D eigenvalue weighted by Crippen LogP contribution is 2.29. The Morgan fingerprint density at radius 1 is 1.09 bits per heavy atom. The molecule has 1 amide bonds. The second kappa shape index (κ2) is 9.46. The Balaban J connectivity index is 1.40. The van der Waals surface area contributed by atoms with Gasteiger partial charge in [-0.1, -0.05) is 13.8 Å². The number of rotatable bonds is 6. The molecule has 4 rings (SSSR count). The predicted octanol–water partition coefficient (Wildman–Crippen LogP) is 3.51. The summed E-state index contributed by atoms with van der Waals surface area (Å²) in [5.74, 6) is 1.05. The quantitative estimate of drug-likeness (QED) is 0.640. The van der Waals surface area contributed by atoms with Crippen molar-refractivity contribution in [2.45, 2.75) is 58.5 Å². The Morgan fingerprint density at radius 2 is 1.81 bits per heavy atom. The van der Waals surface area contributed by atoms with Gasteiger partial charge in [0.1, 0.15) is 6.04 Å². The van der Waals surface area contributed by atoms with Crippen LogP contribution in [0.3, 0.4) is 0 Å². The summed E-state index contributed by atoms with van der Waals surface area (Å²) in [5, 5.41) is 7.45. The van der Waals surface area contributed by atoms with Crippen molar-refractivity contribution in [2.75, 3.05) is 18.0 Å². The molecule has 8 heteroatoms. The zero-order valence-electron chi connectivity index (χ0n) is 19.2. The van der Waals surface area contributed by atoms with E-state index in [1.807, 2.05) is 38.2 Å². The van der Waals surface area contributed by atoms with Crippen LogP contribution in [0.1, 0.15) is 57.0 Å². The van der Waals surface area contributed by atoms with E-state index in [0.717, 1.165) is 54.4 Å². The SMILES string of the molecule is Cc1ccnn1[C@@H](C)C(=O)NC1CCN(c2ncc(-c3ccncc3)c(C(C)C)n2)CC1. The summed E-state index contributed by atoms with van der Waals surface area (Å²) in [6.07, 6.45) is 8.96. The highest BCUT2D eigenvalue weighted by atomic mass is 16.2. The first-order valence-corrected chi connectivity index (χ1v) is 11.3. The summed E-state index contributed by atoms with van der Waals surface area (Å²) in [4.78, 5) is 28.6. The molecule has 1 saturated heterocycles. The molecule has 3 aromatic rings. The van der Waals surface area contributed by atoms with Crippen LogP contribution in [0.2, 0.25) is 0 Å². The predicted molar refractivity (Wildman–Crippen MR) is 124 cm³/mol. The van der Waals surface area contributed by atoms with Crippen LogP contribution >= 0.6 is 0 Å². The molecule has 0 aliphatic carbocycles. The van der Waals surface area contributed by atoms with E-state index >= 15 is 0 Å². The fourth-order valence-electron chi connectivity index (χ4n) is 4.17.